The third kappa shape index (κ3) is 9.05. The van der Waals surface area contributed by atoms with Gasteiger partial charge in [0.2, 0.25) is 0 Å². The number of alkyl halides is 3. The van der Waals surface area contributed by atoms with Crippen LogP contribution >= 0.6 is 0 Å². The number of amides is 1. The number of nitrogens with zero attached hydrogens (tertiary/aromatic N) is 2. The van der Waals surface area contributed by atoms with Crippen molar-refractivity contribution in [2.24, 2.45) is 0 Å². The van der Waals surface area contributed by atoms with Gasteiger partial charge in [0.25, 0.3) is 5.69 Å². The Labute approximate surface area is 185 Å². The minimum Gasteiger partial charge on any atom is -0.381 e. The lowest BCUT2D eigenvalue weighted by molar-refractivity contribution is -0.384. The largest absolute Gasteiger partial charge is 0.471 e. The van der Waals surface area contributed by atoms with Crippen LogP contribution < -0.4 is 0 Å². The molecule has 0 aromatic heterocycles. The Morgan fingerprint density at radius 2 is 1.56 bits per heavy atom. The molecule has 0 aliphatic heterocycles. The maximum absolute atomic E-state index is 12.9. The molecule has 1 amide bonds. The van der Waals surface area contributed by atoms with Crippen LogP contribution in [0.15, 0.2) is 54.6 Å². The monoisotopic (exact) mass is 452 g/mol. The lowest BCUT2D eigenvalue weighted by Gasteiger charge is -2.24. The van der Waals surface area contributed by atoms with Crippen molar-refractivity contribution in [1.82, 2.24) is 4.90 Å². The van der Waals surface area contributed by atoms with Gasteiger partial charge in [0, 0.05) is 31.8 Å². The molecular weight excluding hydrogens is 425 g/mol. The maximum Gasteiger partial charge on any atom is 0.471 e. The molecule has 2 aromatic rings. The normalized spacial score (nSPS) is 11.3. The zero-order valence-electron chi connectivity index (χ0n) is 17.7. The van der Waals surface area contributed by atoms with E-state index in [1.165, 1.54) is 12.1 Å². The van der Waals surface area contributed by atoms with E-state index in [1.54, 1.807) is 42.5 Å². The third-order valence-corrected chi connectivity index (χ3v) is 4.89. The Bertz CT molecular complexity index is 843. The fourth-order valence-electron chi connectivity index (χ4n) is 3.17. The average Bonchev–Trinajstić information content (AvgIpc) is 2.77. The van der Waals surface area contributed by atoms with Crippen molar-refractivity contribution in [2.75, 3.05) is 19.8 Å². The van der Waals surface area contributed by atoms with Crippen molar-refractivity contribution in [1.29, 1.82) is 0 Å². The predicted molar refractivity (Wildman–Crippen MR) is 114 cm³/mol. The average molecular weight is 452 g/mol. The summed E-state index contributed by atoms with van der Waals surface area (Å²) in [6.45, 7) is 1.00. The summed E-state index contributed by atoms with van der Waals surface area (Å²) in [5.41, 5.74) is 1.66. The lowest BCUT2D eigenvalue weighted by atomic mass is 10.1. The van der Waals surface area contributed by atoms with Gasteiger partial charge >= 0.3 is 12.1 Å². The van der Waals surface area contributed by atoms with E-state index < -0.39 is 17.0 Å². The first kappa shape index (κ1) is 25.3. The summed E-state index contributed by atoms with van der Waals surface area (Å²) in [4.78, 5) is 22.8. The third-order valence-electron chi connectivity index (χ3n) is 4.89. The highest BCUT2D eigenvalue weighted by Gasteiger charge is 2.42. The summed E-state index contributed by atoms with van der Waals surface area (Å²) in [6, 6.07) is 14.9. The summed E-state index contributed by atoms with van der Waals surface area (Å²) >= 11 is 0. The van der Waals surface area contributed by atoms with E-state index in [0.29, 0.717) is 38.0 Å². The zero-order valence-corrected chi connectivity index (χ0v) is 17.7. The molecule has 0 aliphatic carbocycles. The van der Waals surface area contributed by atoms with Gasteiger partial charge in [-0.05, 0) is 30.4 Å². The number of non-ortho nitro benzene ring substituents is 1. The second-order valence-corrected chi connectivity index (χ2v) is 7.41. The molecule has 0 heterocycles. The predicted octanol–water partition coefficient (Wildman–Crippen LogP) is 5.31. The summed E-state index contributed by atoms with van der Waals surface area (Å²) in [5.74, 6) is -1.81. The Hall–Kier alpha value is -2.94. The van der Waals surface area contributed by atoms with Crippen LogP contribution in [0.2, 0.25) is 0 Å². The fraction of sp³-hybridized carbons (Fsp3) is 0.435. The van der Waals surface area contributed by atoms with Crippen LogP contribution in [0.3, 0.4) is 0 Å². The van der Waals surface area contributed by atoms with Crippen LogP contribution in [0, 0.1) is 10.1 Å². The highest BCUT2D eigenvalue weighted by Crippen LogP contribution is 2.21. The van der Waals surface area contributed by atoms with Gasteiger partial charge in [-0.25, -0.2) is 0 Å². The van der Waals surface area contributed by atoms with Crippen LogP contribution in [0.4, 0.5) is 18.9 Å². The number of rotatable bonds is 13. The number of carbonyl (C=O) groups is 1. The Morgan fingerprint density at radius 3 is 2.19 bits per heavy atom. The first-order valence-corrected chi connectivity index (χ1v) is 10.5. The topological polar surface area (TPSA) is 72.7 Å². The minimum atomic E-state index is -4.88. The van der Waals surface area contributed by atoms with E-state index in [-0.39, 0.29) is 18.8 Å². The molecule has 0 radical (unpaired) electrons. The second-order valence-electron chi connectivity index (χ2n) is 7.41. The number of hydrogen-bond acceptors (Lipinski definition) is 4. The van der Waals surface area contributed by atoms with Crippen LogP contribution in [0.25, 0.3) is 0 Å². The molecule has 9 heteroatoms. The summed E-state index contributed by atoms with van der Waals surface area (Å²) < 4.78 is 44.2. The van der Waals surface area contributed by atoms with Gasteiger partial charge in [0.15, 0.2) is 0 Å². The number of ether oxygens (including phenoxy) is 1. The number of nitro benzene ring substituents is 1. The number of halogens is 3. The van der Waals surface area contributed by atoms with E-state index in [2.05, 4.69) is 0 Å². The quantitative estimate of drug-likeness (QED) is 0.235. The molecule has 2 rings (SSSR count). The molecule has 0 unspecified atom stereocenters. The van der Waals surface area contributed by atoms with Crippen LogP contribution in [-0.4, -0.2) is 41.7 Å². The van der Waals surface area contributed by atoms with E-state index in [0.717, 1.165) is 23.3 Å². The smallest absolute Gasteiger partial charge is 0.381 e. The molecule has 0 saturated carbocycles. The second kappa shape index (κ2) is 12.8. The summed E-state index contributed by atoms with van der Waals surface area (Å²) in [7, 11) is 0. The first-order chi connectivity index (χ1) is 15.3. The van der Waals surface area contributed by atoms with Gasteiger partial charge in [-0.15, -0.1) is 0 Å². The Kier molecular flexibility index (Phi) is 10.1. The Morgan fingerprint density at radius 1 is 0.906 bits per heavy atom. The van der Waals surface area contributed by atoms with Crippen molar-refractivity contribution in [3.8, 4) is 0 Å². The van der Waals surface area contributed by atoms with Crippen molar-refractivity contribution < 1.29 is 27.6 Å². The van der Waals surface area contributed by atoms with Gasteiger partial charge in [0.1, 0.15) is 0 Å². The van der Waals surface area contributed by atoms with Crippen LogP contribution in [0.1, 0.15) is 36.8 Å². The van der Waals surface area contributed by atoms with Gasteiger partial charge in [-0.2, -0.15) is 13.2 Å². The van der Waals surface area contributed by atoms with Gasteiger partial charge in [-0.3, -0.25) is 14.9 Å². The number of unbranched alkanes of at least 4 members (excludes halogenated alkanes) is 3. The molecule has 174 valence electrons. The van der Waals surface area contributed by atoms with Crippen molar-refractivity contribution in [3.05, 3.63) is 75.8 Å². The molecule has 0 N–H and O–H groups in total. The van der Waals surface area contributed by atoms with Gasteiger partial charge in [0.05, 0.1) is 11.5 Å². The number of benzene rings is 2. The van der Waals surface area contributed by atoms with Crippen molar-refractivity contribution in [2.45, 2.75) is 44.8 Å². The van der Waals surface area contributed by atoms with E-state index in [4.69, 9.17) is 4.74 Å². The molecule has 0 saturated heterocycles. The van der Waals surface area contributed by atoms with E-state index in [9.17, 15) is 28.1 Å². The lowest BCUT2D eigenvalue weighted by Crippen LogP contribution is -2.41. The number of carbonyl (C=O) groups excluding carboxylic acids is 1. The summed E-state index contributed by atoms with van der Waals surface area (Å²) in [6.07, 6.45) is -1.50. The standard InChI is InChI=1S/C23H27F3N2O4/c24-23(25,26)22(29)27(18-20-8-4-3-5-9-20)15-6-1-2-7-16-32-17-14-19-10-12-21(13-11-19)28(30)31/h3-5,8-13H,1-2,6-7,14-18H2. The number of nitro groups is 1. The molecule has 0 aliphatic rings. The molecule has 0 bridgehead atoms. The highest BCUT2D eigenvalue weighted by atomic mass is 19.4. The molecule has 2 aromatic carbocycles. The van der Waals surface area contributed by atoms with E-state index in [1.807, 2.05) is 0 Å². The highest BCUT2D eigenvalue weighted by molar-refractivity contribution is 5.81. The van der Waals surface area contributed by atoms with E-state index >= 15 is 0 Å². The SMILES string of the molecule is O=C(N(CCCCCCOCCc1ccc([N+](=O)[O-])cc1)Cc1ccccc1)C(F)(F)F. The molecular formula is C23H27F3N2O4. The Balaban J connectivity index is 1.62. The fourth-order valence-corrected chi connectivity index (χ4v) is 3.17. The molecule has 0 spiro atoms. The van der Waals surface area contributed by atoms with Gasteiger partial charge in [-0.1, -0.05) is 55.3 Å². The van der Waals surface area contributed by atoms with Gasteiger partial charge < -0.3 is 9.64 Å². The first-order valence-electron chi connectivity index (χ1n) is 10.5. The van der Waals surface area contributed by atoms with Crippen LogP contribution in [-0.2, 0) is 22.5 Å². The molecule has 0 atom stereocenters. The molecule has 32 heavy (non-hydrogen) atoms. The maximum atomic E-state index is 12.9. The minimum absolute atomic E-state index is 0.0498. The number of hydrogen-bond donors (Lipinski definition) is 0. The molecule has 6 nitrogen and oxygen atoms in total. The zero-order chi connectivity index (χ0) is 23.4. The van der Waals surface area contributed by atoms with Crippen molar-refractivity contribution >= 4 is 11.6 Å². The van der Waals surface area contributed by atoms with Crippen molar-refractivity contribution in [3.63, 3.8) is 0 Å². The summed E-state index contributed by atoms with van der Waals surface area (Å²) in [5, 5.41) is 10.6. The van der Waals surface area contributed by atoms with Crippen LogP contribution in [0.5, 0.6) is 0 Å². The molecule has 0 fully saturated rings.